The first-order chi connectivity index (χ1) is 14.7. The van der Waals surface area contributed by atoms with Gasteiger partial charge in [-0.2, -0.15) is 18.3 Å². The molecule has 12 heteroatoms. The van der Waals surface area contributed by atoms with Crippen molar-refractivity contribution < 1.29 is 22.7 Å². The normalized spacial score (nSPS) is 18.7. The first-order valence-electron chi connectivity index (χ1n) is 9.23. The van der Waals surface area contributed by atoms with E-state index in [9.17, 15) is 18.0 Å². The molecule has 1 fully saturated rings. The number of urea groups is 1. The Bertz CT molecular complexity index is 1140. The van der Waals surface area contributed by atoms with Crippen LogP contribution in [-0.2, 0) is 6.18 Å². The number of carbonyl (C=O) groups is 1. The Hall–Kier alpha value is -3.21. The van der Waals surface area contributed by atoms with Crippen molar-refractivity contribution in [1.29, 1.82) is 0 Å². The zero-order valence-electron chi connectivity index (χ0n) is 16.2. The number of benzene rings is 1. The highest BCUT2D eigenvalue weighted by atomic mass is 35.5. The van der Waals surface area contributed by atoms with Crippen LogP contribution in [0.4, 0.5) is 23.7 Å². The van der Waals surface area contributed by atoms with Crippen LogP contribution in [0.5, 0.6) is 5.75 Å². The van der Waals surface area contributed by atoms with Crippen LogP contribution < -0.4 is 15.8 Å². The molecule has 0 radical (unpaired) electrons. The number of nitrogens with two attached hydrogens (primary N) is 1. The van der Waals surface area contributed by atoms with Gasteiger partial charge in [0.1, 0.15) is 5.69 Å². The van der Waals surface area contributed by atoms with E-state index in [-0.39, 0.29) is 23.8 Å². The summed E-state index contributed by atoms with van der Waals surface area (Å²) in [5, 5.41) is 8.03. The SMILES string of the molecule is COc1cnn(C2CN(C(N)=O)C2CNc2cc(C(F)(F)F)nc3ccc(Cl)cc23)c1. The van der Waals surface area contributed by atoms with E-state index in [1.165, 1.54) is 36.4 Å². The first kappa shape index (κ1) is 21.0. The number of hydrogen-bond acceptors (Lipinski definition) is 5. The summed E-state index contributed by atoms with van der Waals surface area (Å²) in [6.07, 6.45) is -1.40. The Balaban J connectivity index is 1.64. The van der Waals surface area contributed by atoms with Crippen molar-refractivity contribution in [3.8, 4) is 5.75 Å². The standard InChI is InChI=1S/C19H18ClF3N6O2/c1-31-11-6-26-29(8-11)16-9-28(18(24)30)15(16)7-25-14-5-17(19(21,22)23)27-13-3-2-10(20)4-12(13)14/h2-6,8,15-16H,7,9H2,1H3,(H2,24,30)(H,25,27). The van der Waals surface area contributed by atoms with Crippen LogP contribution in [-0.4, -0.2) is 51.9 Å². The molecule has 4 rings (SSSR count). The summed E-state index contributed by atoms with van der Waals surface area (Å²) in [6, 6.07) is 4.09. The first-order valence-corrected chi connectivity index (χ1v) is 9.61. The molecule has 0 spiro atoms. The maximum atomic E-state index is 13.3. The molecule has 3 aromatic rings. The molecule has 1 aliphatic heterocycles. The van der Waals surface area contributed by atoms with Gasteiger partial charge >= 0.3 is 12.2 Å². The lowest BCUT2D eigenvalue weighted by Crippen LogP contribution is -2.63. The fourth-order valence-electron chi connectivity index (χ4n) is 3.60. The molecule has 0 saturated carbocycles. The van der Waals surface area contributed by atoms with Crippen molar-refractivity contribution in [3.05, 3.63) is 47.4 Å². The van der Waals surface area contributed by atoms with Crippen LogP contribution in [0.25, 0.3) is 10.9 Å². The topological polar surface area (TPSA) is 98.3 Å². The zero-order chi connectivity index (χ0) is 22.3. The van der Waals surface area contributed by atoms with E-state index >= 15 is 0 Å². The van der Waals surface area contributed by atoms with Gasteiger partial charge in [-0.05, 0) is 24.3 Å². The Kier molecular flexibility index (Phi) is 5.29. The zero-order valence-corrected chi connectivity index (χ0v) is 17.0. The molecular formula is C19H18ClF3N6O2. The van der Waals surface area contributed by atoms with E-state index < -0.39 is 23.9 Å². The molecule has 2 unspecified atom stereocenters. The molecule has 0 bridgehead atoms. The summed E-state index contributed by atoms with van der Waals surface area (Å²) in [5.74, 6) is 0.550. The lowest BCUT2D eigenvalue weighted by molar-refractivity contribution is -0.140. The van der Waals surface area contributed by atoms with Gasteiger partial charge in [-0.25, -0.2) is 9.78 Å². The van der Waals surface area contributed by atoms with Crippen LogP contribution >= 0.6 is 11.6 Å². The third-order valence-electron chi connectivity index (χ3n) is 5.23. The smallest absolute Gasteiger partial charge is 0.433 e. The average molecular weight is 455 g/mol. The predicted octanol–water partition coefficient (Wildman–Crippen LogP) is 3.53. The van der Waals surface area contributed by atoms with Gasteiger partial charge in [0, 0.05) is 29.2 Å². The summed E-state index contributed by atoms with van der Waals surface area (Å²) < 4.78 is 46.8. The van der Waals surface area contributed by atoms with E-state index in [0.29, 0.717) is 22.7 Å². The maximum absolute atomic E-state index is 13.3. The number of aromatic nitrogens is 3. The van der Waals surface area contributed by atoms with Crippen molar-refractivity contribution in [1.82, 2.24) is 19.7 Å². The molecule has 164 valence electrons. The number of amides is 2. The minimum absolute atomic E-state index is 0.138. The van der Waals surface area contributed by atoms with Gasteiger partial charge < -0.3 is 20.7 Å². The number of pyridine rings is 1. The van der Waals surface area contributed by atoms with Gasteiger partial charge in [-0.1, -0.05) is 11.6 Å². The number of methoxy groups -OCH3 is 1. The molecule has 2 atom stereocenters. The van der Waals surface area contributed by atoms with Crippen molar-refractivity contribution >= 4 is 34.2 Å². The monoisotopic (exact) mass is 454 g/mol. The van der Waals surface area contributed by atoms with Crippen LogP contribution in [0.2, 0.25) is 5.02 Å². The average Bonchev–Trinajstić information content (AvgIpc) is 3.14. The minimum atomic E-state index is -4.62. The molecule has 31 heavy (non-hydrogen) atoms. The predicted molar refractivity (Wildman–Crippen MR) is 108 cm³/mol. The van der Waals surface area contributed by atoms with E-state index in [2.05, 4.69) is 15.4 Å². The number of likely N-dealkylation sites (tertiary alicyclic amines) is 1. The Morgan fingerprint density at radius 1 is 1.39 bits per heavy atom. The second-order valence-corrected chi connectivity index (χ2v) is 7.52. The molecule has 1 aromatic carbocycles. The summed E-state index contributed by atoms with van der Waals surface area (Å²) >= 11 is 6.03. The molecule has 3 heterocycles. The largest absolute Gasteiger partial charge is 0.493 e. The van der Waals surface area contributed by atoms with Gasteiger partial charge in [0.25, 0.3) is 0 Å². The van der Waals surface area contributed by atoms with Crippen molar-refractivity contribution in [3.63, 3.8) is 0 Å². The highest BCUT2D eigenvalue weighted by Crippen LogP contribution is 2.35. The quantitative estimate of drug-likeness (QED) is 0.614. The number of rotatable bonds is 5. The van der Waals surface area contributed by atoms with Gasteiger partial charge in [-0.15, -0.1) is 0 Å². The lowest BCUT2D eigenvalue weighted by atomic mass is 9.96. The van der Waals surface area contributed by atoms with Crippen molar-refractivity contribution in [2.45, 2.75) is 18.3 Å². The number of fused-ring (bicyclic) bond motifs is 1. The fourth-order valence-corrected chi connectivity index (χ4v) is 3.77. The number of nitrogens with one attached hydrogen (secondary N) is 1. The molecule has 8 nitrogen and oxygen atoms in total. The number of anilines is 1. The number of nitrogens with zero attached hydrogens (tertiary/aromatic N) is 4. The molecule has 1 saturated heterocycles. The summed E-state index contributed by atoms with van der Waals surface area (Å²) in [6.45, 7) is 0.460. The van der Waals surface area contributed by atoms with Crippen LogP contribution in [0.1, 0.15) is 11.7 Å². The summed E-state index contributed by atoms with van der Waals surface area (Å²) in [5.41, 5.74) is 4.77. The van der Waals surface area contributed by atoms with Crippen LogP contribution in [0.15, 0.2) is 36.7 Å². The molecular weight excluding hydrogens is 437 g/mol. The van der Waals surface area contributed by atoms with Crippen molar-refractivity contribution in [2.75, 3.05) is 25.5 Å². The second kappa shape index (κ2) is 7.80. The van der Waals surface area contributed by atoms with Gasteiger partial charge in [0.2, 0.25) is 0 Å². The van der Waals surface area contributed by atoms with Gasteiger partial charge in [0.05, 0.1) is 37.1 Å². The molecule has 2 amide bonds. The van der Waals surface area contributed by atoms with Gasteiger partial charge in [0.15, 0.2) is 5.75 Å². The number of alkyl halides is 3. The third kappa shape index (κ3) is 4.05. The number of halogens is 4. The van der Waals surface area contributed by atoms with E-state index in [4.69, 9.17) is 22.1 Å². The number of primary amides is 1. The third-order valence-corrected chi connectivity index (χ3v) is 5.46. The number of hydrogen-bond donors (Lipinski definition) is 2. The van der Waals surface area contributed by atoms with E-state index in [0.717, 1.165) is 6.07 Å². The van der Waals surface area contributed by atoms with E-state index in [1.807, 2.05) is 0 Å². The molecule has 1 aliphatic rings. The molecule has 0 aliphatic carbocycles. The molecule has 3 N–H and O–H groups in total. The van der Waals surface area contributed by atoms with Crippen molar-refractivity contribution in [2.24, 2.45) is 5.73 Å². The fraction of sp³-hybridized carbons (Fsp3) is 0.316. The lowest BCUT2D eigenvalue weighted by Gasteiger charge is -2.47. The Morgan fingerprint density at radius 3 is 2.81 bits per heavy atom. The highest BCUT2D eigenvalue weighted by molar-refractivity contribution is 6.31. The highest BCUT2D eigenvalue weighted by Gasteiger charge is 2.43. The van der Waals surface area contributed by atoms with Crippen LogP contribution in [0.3, 0.4) is 0 Å². The number of ether oxygens (including phenoxy) is 1. The summed E-state index contributed by atoms with van der Waals surface area (Å²) in [4.78, 5) is 16.9. The Labute approximate surface area is 179 Å². The number of carbonyl (C=O) groups excluding carboxylic acids is 1. The molecule has 2 aromatic heterocycles. The maximum Gasteiger partial charge on any atom is 0.433 e. The second-order valence-electron chi connectivity index (χ2n) is 7.08. The van der Waals surface area contributed by atoms with Gasteiger partial charge in [-0.3, -0.25) is 4.68 Å². The minimum Gasteiger partial charge on any atom is -0.493 e. The summed E-state index contributed by atoms with van der Waals surface area (Å²) in [7, 11) is 1.51. The van der Waals surface area contributed by atoms with Crippen LogP contribution in [0, 0.1) is 0 Å². The Morgan fingerprint density at radius 2 is 2.16 bits per heavy atom. The van der Waals surface area contributed by atoms with E-state index in [1.54, 1.807) is 10.9 Å².